The van der Waals surface area contributed by atoms with Crippen molar-refractivity contribution in [3.05, 3.63) is 0 Å². The molecule has 0 spiro atoms. The Morgan fingerprint density at radius 1 is 1.88 bits per heavy atom. The fourth-order valence-electron chi connectivity index (χ4n) is 0.220. The molecule has 1 amide bonds. The Hall–Kier alpha value is -1.01. The average molecular weight is 113 g/mol. The van der Waals surface area contributed by atoms with Crippen LogP contribution in [0.2, 0.25) is 0 Å². The molecule has 0 rings (SSSR count). The van der Waals surface area contributed by atoms with Crippen LogP contribution in [0, 0.1) is 12.3 Å². The number of rotatable bonds is 2. The second-order valence-corrected chi connectivity index (χ2v) is 1.12. The van der Waals surface area contributed by atoms with E-state index in [0.29, 0.717) is 0 Å². The molecule has 0 heterocycles. The van der Waals surface area contributed by atoms with Gasteiger partial charge in [-0.05, 0) is 5.92 Å². The summed E-state index contributed by atoms with van der Waals surface area (Å²) in [7, 11) is 0. The highest BCUT2D eigenvalue weighted by Gasteiger charge is 1.88. The third-order valence-electron chi connectivity index (χ3n) is 0.528. The van der Waals surface area contributed by atoms with E-state index in [2.05, 4.69) is 11.7 Å². The first-order valence-electron chi connectivity index (χ1n) is 2.16. The van der Waals surface area contributed by atoms with Gasteiger partial charge in [0.05, 0.1) is 6.61 Å². The number of carbonyl (C=O) groups is 1. The Labute approximate surface area is 47.7 Å². The highest BCUT2D eigenvalue weighted by molar-refractivity contribution is 5.92. The molecule has 0 fully saturated rings. The molecule has 0 aliphatic rings. The quantitative estimate of drug-likeness (QED) is 0.438. The van der Waals surface area contributed by atoms with E-state index in [1.165, 1.54) is 0 Å². The third kappa shape index (κ3) is 3.19. The van der Waals surface area contributed by atoms with E-state index in [0.717, 1.165) is 0 Å². The maximum absolute atomic E-state index is 10.1. The number of carbonyl (C=O) groups excluding carboxylic acids is 1. The average Bonchev–Trinajstić information content (AvgIpc) is 1.83. The minimum atomic E-state index is -0.487. The zero-order chi connectivity index (χ0) is 6.41. The largest absolute Gasteiger partial charge is 0.395 e. The fraction of sp³-hybridized carbons (Fsp3) is 0.400. The van der Waals surface area contributed by atoms with Crippen LogP contribution in [-0.4, -0.2) is 24.2 Å². The molecule has 0 saturated carbocycles. The van der Waals surface area contributed by atoms with Crippen LogP contribution in [0.5, 0.6) is 0 Å². The normalized spacial score (nSPS) is 7.50. The van der Waals surface area contributed by atoms with Crippen molar-refractivity contribution in [1.29, 1.82) is 0 Å². The van der Waals surface area contributed by atoms with Crippen LogP contribution in [0.4, 0.5) is 0 Å². The summed E-state index contributed by atoms with van der Waals surface area (Å²) >= 11 is 0. The lowest BCUT2D eigenvalue weighted by Crippen LogP contribution is -2.24. The smallest absolute Gasteiger partial charge is 0.295 e. The van der Waals surface area contributed by atoms with Gasteiger partial charge in [-0.1, -0.05) is 0 Å². The van der Waals surface area contributed by atoms with Crippen molar-refractivity contribution in [3.63, 3.8) is 0 Å². The van der Waals surface area contributed by atoms with Gasteiger partial charge in [-0.2, -0.15) is 0 Å². The van der Waals surface area contributed by atoms with Gasteiger partial charge in [0.25, 0.3) is 5.91 Å². The van der Waals surface area contributed by atoms with E-state index in [-0.39, 0.29) is 13.2 Å². The number of aliphatic hydroxyl groups is 1. The standard InChI is InChI=1S/C5H7NO2/c1-2-5(8)6-3-4-7/h1,7H,3-4H2,(H,6,8). The topological polar surface area (TPSA) is 49.3 Å². The molecular weight excluding hydrogens is 106 g/mol. The van der Waals surface area contributed by atoms with E-state index in [4.69, 9.17) is 5.11 Å². The lowest BCUT2D eigenvalue weighted by atomic mass is 10.6. The first-order chi connectivity index (χ1) is 3.81. The molecule has 2 N–H and O–H groups in total. The Bertz CT molecular complexity index is 114. The van der Waals surface area contributed by atoms with Crippen LogP contribution in [-0.2, 0) is 4.79 Å². The molecule has 0 aliphatic carbocycles. The summed E-state index contributed by atoms with van der Waals surface area (Å²) in [6.45, 7) is 0.149. The SMILES string of the molecule is C#CC(=O)NCCO. The lowest BCUT2D eigenvalue weighted by Gasteiger charge is -1.92. The molecule has 44 valence electrons. The summed E-state index contributed by atoms with van der Waals surface area (Å²) in [6.07, 6.45) is 4.67. The maximum Gasteiger partial charge on any atom is 0.295 e. The summed E-state index contributed by atoms with van der Waals surface area (Å²) in [5.41, 5.74) is 0. The third-order valence-corrected chi connectivity index (χ3v) is 0.528. The van der Waals surface area contributed by atoms with Crippen LogP contribution in [0.3, 0.4) is 0 Å². The van der Waals surface area contributed by atoms with Gasteiger partial charge in [-0.15, -0.1) is 6.42 Å². The second-order valence-electron chi connectivity index (χ2n) is 1.12. The maximum atomic E-state index is 10.1. The highest BCUT2D eigenvalue weighted by atomic mass is 16.3. The van der Waals surface area contributed by atoms with Gasteiger partial charge in [0.2, 0.25) is 0 Å². The molecule has 0 aliphatic heterocycles. The van der Waals surface area contributed by atoms with Gasteiger partial charge in [0.15, 0.2) is 0 Å². The van der Waals surface area contributed by atoms with Crippen molar-refractivity contribution in [2.45, 2.75) is 0 Å². The van der Waals surface area contributed by atoms with E-state index < -0.39 is 5.91 Å². The zero-order valence-electron chi connectivity index (χ0n) is 4.35. The first-order valence-corrected chi connectivity index (χ1v) is 2.16. The summed E-state index contributed by atoms with van der Waals surface area (Å²) in [5.74, 6) is 1.35. The van der Waals surface area contributed by atoms with Crippen LogP contribution >= 0.6 is 0 Å². The van der Waals surface area contributed by atoms with E-state index in [1.807, 2.05) is 5.92 Å². The molecular formula is C5H7NO2. The van der Waals surface area contributed by atoms with Crippen LogP contribution in [0.15, 0.2) is 0 Å². The number of terminal acetylenes is 1. The van der Waals surface area contributed by atoms with Crippen molar-refractivity contribution < 1.29 is 9.90 Å². The van der Waals surface area contributed by atoms with E-state index in [1.54, 1.807) is 0 Å². The van der Waals surface area contributed by atoms with Gasteiger partial charge in [-0.25, -0.2) is 0 Å². The van der Waals surface area contributed by atoms with Gasteiger partial charge >= 0.3 is 0 Å². The van der Waals surface area contributed by atoms with E-state index in [9.17, 15) is 4.79 Å². The van der Waals surface area contributed by atoms with Gasteiger partial charge in [0, 0.05) is 6.54 Å². The van der Waals surface area contributed by atoms with Crippen LogP contribution in [0.1, 0.15) is 0 Å². The number of amides is 1. The predicted molar refractivity (Wildman–Crippen MR) is 28.9 cm³/mol. The van der Waals surface area contributed by atoms with Gasteiger partial charge < -0.3 is 10.4 Å². The van der Waals surface area contributed by atoms with Crippen molar-refractivity contribution in [2.75, 3.05) is 13.2 Å². The molecule has 0 aromatic heterocycles. The Balaban J connectivity index is 3.16. The Morgan fingerprint density at radius 3 is 2.88 bits per heavy atom. The minimum Gasteiger partial charge on any atom is -0.395 e. The monoisotopic (exact) mass is 113 g/mol. The van der Waals surface area contributed by atoms with Crippen molar-refractivity contribution >= 4 is 5.91 Å². The van der Waals surface area contributed by atoms with E-state index >= 15 is 0 Å². The summed E-state index contributed by atoms with van der Waals surface area (Å²) in [4.78, 5) is 10.1. The van der Waals surface area contributed by atoms with Crippen molar-refractivity contribution in [3.8, 4) is 12.3 Å². The molecule has 3 heteroatoms. The first kappa shape index (κ1) is 6.99. The number of hydrogen-bond donors (Lipinski definition) is 2. The molecule has 0 saturated heterocycles. The molecule has 0 aromatic carbocycles. The van der Waals surface area contributed by atoms with Crippen LogP contribution < -0.4 is 5.32 Å². The molecule has 8 heavy (non-hydrogen) atoms. The highest BCUT2D eigenvalue weighted by Crippen LogP contribution is 1.57. The van der Waals surface area contributed by atoms with Crippen LogP contribution in [0.25, 0.3) is 0 Å². The van der Waals surface area contributed by atoms with Crippen molar-refractivity contribution in [1.82, 2.24) is 5.32 Å². The van der Waals surface area contributed by atoms with Gasteiger partial charge in [0.1, 0.15) is 0 Å². The molecule has 3 nitrogen and oxygen atoms in total. The fourth-order valence-corrected chi connectivity index (χ4v) is 0.220. The molecule has 0 bridgehead atoms. The number of hydrogen-bond acceptors (Lipinski definition) is 2. The predicted octanol–water partition coefficient (Wildman–Crippen LogP) is -1.27. The molecule has 0 radical (unpaired) electrons. The number of aliphatic hydroxyl groups excluding tert-OH is 1. The van der Waals surface area contributed by atoms with Gasteiger partial charge in [-0.3, -0.25) is 4.79 Å². The summed E-state index contributed by atoms with van der Waals surface area (Å²) in [6, 6.07) is 0. The Kier molecular flexibility index (Phi) is 3.63. The van der Waals surface area contributed by atoms with Crippen molar-refractivity contribution in [2.24, 2.45) is 0 Å². The molecule has 0 unspecified atom stereocenters. The summed E-state index contributed by atoms with van der Waals surface area (Å²) in [5, 5.41) is 10.4. The number of nitrogens with one attached hydrogen (secondary N) is 1. The second kappa shape index (κ2) is 4.16. The Morgan fingerprint density at radius 2 is 2.50 bits per heavy atom. The molecule has 0 aromatic rings. The lowest BCUT2D eigenvalue weighted by molar-refractivity contribution is -0.115. The summed E-state index contributed by atoms with van der Waals surface area (Å²) < 4.78 is 0. The zero-order valence-corrected chi connectivity index (χ0v) is 4.35. The molecule has 0 atom stereocenters. The minimum absolute atomic E-state index is 0.0760.